The number of aryl methyl sites for hydroxylation is 1. The Morgan fingerprint density at radius 3 is 2.64 bits per heavy atom. The van der Waals surface area contributed by atoms with Gasteiger partial charge in [0.15, 0.2) is 11.1 Å². The predicted molar refractivity (Wildman–Crippen MR) is 82.6 cm³/mol. The van der Waals surface area contributed by atoms with E-state index in [0.29, 0.717) is 17.9 Å². The average Bonchev–Trinajstić information content (AvgIpc) is 3.00. The zero-order chi connectivity index (χ0) is 15.9. The van der Waals surface area contributed by atoms with Gasteiger partial charge in [0.25, 0.3) is 0 Å². The number of hydrogen-bond donors (Lipinski definition) is 0. The molecule has 3 unspecified atom stereocenters. The normalized spacial score (nSPS) is 22.5. The maximum absolute atomic E-state index is 11.9. The average molecular weight is 326 g/mol. The predicted octanol–water partition coefficient (Wildman–Crippen LogP) is 2.39. The zero-order valence-corrected chi connectivity index (χ0v) is 13.8. The van der Waals surface area contributed by atoms with Crippen molar-refractivity contribution in [3.63, 3.8) is 0 Å². The number of esters is 1. The van der Waals surface area contributed by atoms with E-state index < -0.39 is 11.1 Å². The van der Waals surface area contributed by atoms with Gasteiger partial charge in [-0.1, -0.05) is 17.7 Å². The quantitative estimate of drug-likeness (QED) is 0.569. The monoisotopic (exact) mass is 326 g/mol. The van der Waals surface area contributed by atoms with E-state index in [1.165, 1.54) is 7.11 Å². The molecule has 1 aliphatic rings. The molecule has 5 nitrogen and oxygen atoms in total. The minimum atomic E-state index is -1.46. The largest absolute Gasteiger partial charge is 0.469 e. The molecule has 122 valence electrons. The fourth-order valence-corrected chi connectivity index (χ4v) is 3.23. The smallest absolute Gasteiger partial charge is 0.308 e. The molecule has 0 spiro atoms. The van der Waals surface area contributed by atoms with Gasteiger partial charge in [-0.3, -0.25) is 8.98 Å². The summed E-state index contributed by atoms with van der Waals surface area (Å²) in [5, 5.41) is 0. The topological polar surface area (TPSA) is 61.8 Å². The van der Waals surface area contributed by atoms with Gasteiger partial charge in [0.1, 0.15) is 0 Å². The molecule has 22 heavy (non-hydrogen) atoms. The van der Waals surface area contributed by atoms with Crippen molar-refractivity contribution < 1.29 is 22.7 Å². The SMILES string of the molecule is COC(=O)C1CCC(OCCOS(=O)c2ccc(C)cc2)C1. The molecule has 0 bridgehead atoms. The van der Waals surface area contributed by atoms with Crippen LogP contribution in [-0.4, -0.2) is 36.6 Å². The van der Waals surface area contributed by atoms with Crippen LogP contribution in [0.1, 0.15) is 24.8 Å². The lowest BCUT2D eigenvalue weighted by atomic mass is 10.1. The minimum Gasteiger partial charge on any atom is -0.469 e. The van der Waals surface area contributed by atoms with Crippen molar-refractivity contribution in [2.75, 3.05) is 20.3 Å². The van der Waals surface area contributed by atoms with E-state index in [1.54, 1.807) is 12.1 Å². The number of hydrogen-bond acceptors (Lipinski definition) is 5. The molecule has 1 aliphatic carbocycles. The molecule has 0 amide bonds. The first-order valence-corrected chi connectivity index (χ1v) is 8.48. The summed E-state index contributed by atoms with van der Waals surface area (Å²) in [5.74, 6) is -0.222. The van der Waals surface area contributed by atoms with Crippen LogP contribution < -0.4 is 0 Å². The highest BCUT2D eigenvalue weighted by molar-refractivity contribution is 7.80. The Morgan fingerprint density at radius 1 is 1.23 bits per heavy atom. The van der Waals surface area contributed by atoms with Gasteiger partial charge in [-0.15, -0.1) is 0 Å². The molecule has 0 N–H and O–H groups in total. The Morgan fingerprint density at radius 2 is 1.95 bits per heavy atom. The third-order valence-corrected chi connectivity index (χ3v) is 4.80. The Kier molecular flexibility index (Phi) is 6.54. The van der Waals surface area contributed by atoms with Gasteiger partial charge in [0.2, 0.25) is 0 Å². The van der Waals surface area contributed by atoms with Crippen molar-refractivity contribution in [2.24, 2.45) is 5.92 Å². The lowest BCUT2D eigenvalue weighted by Crippen LogP contribution is -2.17. The second-order valence-corrected chi connectivity index (χ2v) is 6.57. The summed E-state index contributed by atoms with van der Waals surface area (Å²) in [7, 11) is 1.41. The molecule has 2 rings (SSSR count). The van der Waals surface area contributed by atoms with E-state index in [2.05, 4.69) is 0 Å². The first-order chi connectivity index (χ1) is 10.6. The van der Waals surface area contributed by atoms with Gasteiger partial charge >= 0.3 is 5.97 Å². The summed E-state index contributed by atoms with van der Waals surface area (Å²) in [5.41, 5.74) is 1.12. The molecule has 6 heteroatoms. The minimum absolute atomic E-state index is 0.0560. The van der Waals surface area contributed by atoms with E-state index in [0.717, 1.165) is 18.4 Å². The molecule has 0 heterocycles. The number of carbonyl (C=O) groups excluding carboxylic acids is 1. The van der Waals surface area contributed by atoms with Gasteiger partial charge in [0, 0.05) is 0 Å². The van der Waals surface area contributed by atoms with Crippen LogP contribution in [0.2, 0.25) is 0 Å². The zero-order valence-electron chi connectivity index (χ0n) is 12.9. The van der Waals surface area contributed by atoms with Gasteiger partial charge in [-0.25, -0.2) is 4.21 Å². The lowest BCUT2D eigenvalue weighted by molar-refractivity contribution is -0.145. The molecule has 1 aromatic carbocycles. The van der Waals surface area contributed by atoms with Crippen LogP contribution in [0.25, 0.3) is 0 Å². The molecular weight excluding hydrogens is 304 g/mol. The standard InChI is InChI=1S/C16H22O5S/c1-12-3-7-15(8-4-12)22(18)21-10-9-20-14-6-5-13(11-14)16(17)19-2/h3-4,7-8,13-14H,5-6,9-11H2,1-2H3. The van der Waals surface area contributed by atoms with Crippen LogP contribution in [0.15, 0.2) is 29.2 Å². The summed E-state index contributed by atoms with van der Waals surface area (Å²) in [6.07, 6.45) is 2.39. The van der Waals surface area contributed by atoms with E-state index >= 15 is 0 Å². The van der Waals surface area contributed by atoms with Crippen LogP contribution >= 0.6 is 0 Å². The molecule has 1 saturated carbocycles. The maximum Gasteiger partial charge on any atom is 0.308 e. The van der Waals surface area contributed by atoms with Crippen molar-refractivity contribution >= 4 is 17.0 Å². The highest BCUT2D eigenvalue weighted by Gasteiger charge is 2.30. The van der Waals surface area contributed by atoms with Crippen molar-refractivity contribution in [3.05, 3.63) is 29.8 Å². The number of rotatable bonds is 7. The van der Waals surface area contributed by atoms with Crippen LogP contribution in [0.5, 0.6) is 0 Å². The van der Waals surface area contributed by atoms with Gasteiger partial charge in [0.05, 0.1) is 37.2 Å². The maximum atomic E-state index is 11.9. The summed E-state index contributed by atoms with van der Waals surface area (Å²) < 4.78 is 27.6. The van der Waals surface area contributed by atoms with Crippen LogP contribution in [0.4, 0.5) is 0 Å². The Labute approximate surface area is 133 Å². The van der Waals surface area contributed by atoms with Gasteiger partial charge < -0.3 is 9.47 Å². The van der Waals surface area contributed by atoms with Gasteiger partial charge in [-0.2, -0.15) is 0 Å². The van der Waals surface area contributed by atoms with Crippen LogP contribution in [0, 0.1) is 12.8 Å². The molecule has 1 fully saturated rings. The molecule has 0 aliphatic heterocycles. The Hall–Kier alpha value is -1.24. The highest BCUT2D eigenvalue weighted by atomic mass is 32.2. The fraction of sp³-hybridized carbons (Fsp3) is 0.562. The van der Waals surface area contributed by atoms with Crippen molar-refractivity contribution in [1.29, 1.82) is 0 Å². The van der Waals surface area contributed by atoms with Crippen LogP contribution in [-0.2, 0) is 29.5 Å². The van der Waals surface area contributed by atoms with Crippen molar-refractivity contribution in [1.82, 2.24) is 0 Å². The number of methoxy groups -OCH3 is 1. The summed E-state index contributed by atoms with van der Waals surface area (Å²) in [4.78, 5) is 12.1. The van der Waals surface area contributed by atoms with E-state index in [1.807, 2.05) is 19.1 Å². The molecule has 3 atom stereocenters. The van der Waals surface area contributed by atoms with Gasteiger partial charge in [-0.05, 0) is 38.3 Å². The molecule has 0 radical (unpaired) electrons. The molecule has 0 saturated heterocycles. The highest BCUT2D eigenvalue weighted by Crippen LogP contribution is 2.28. The number of carbonyl (C=O) groups is 1. The van der Waals surface area contributed by atoms with Crippen LogP contribution in [0.3, 0.4) is 0 Å². The summed E-state index contributed by atoms with van der Waals surface area (Å²) in [6, 6.07) is 7.39. The Bertz CT molecular complexity index is 514. The molecular formula is C16H22O5S. The number of benzene rings is 1. The number of ether oxygens (including phenoxy) is 2. The fourth-order valence-electron chi connectivity index (χ4n) is 2.51. The second-order valence-electron chi connectivity index (χ2n) is 5.40. The summed E-state index contributed by atoms with van der Waals surface area (Å²) >= 11 is -1.46. The lowest BCUT2D eigenvalue weighted by Gasteiger charge is -2.12. The van der Waals surface area contributed by atoms with Crippen molar-refractivity contribution in [2.45, 2.75) is 37.2 Å². The second kappa shape index (κ2) is 8.41. The van der Waals surface area contributed by atoms with E-state index in [9.17, 15) is 9.00 Å². The van der Waals surface area contributed by atoms with E-state index in [-0.39, 0.29) is 24.6 Å². The first kappa shape index (κ1) is 17.1. The summed E-state index contributed by atoms with van der Waals surface area (Å²) in [6.45, 7) is 2.61. The third kappa shape index (κ3) is 4.90. The third-order valence-electron chi connectivity index (χ3n) is 3.76. The van der Waals surface area contributed by atoms with Crippen molar-refractivity contribution in [3.8, 4) is 0 Å². The molecule has 1 aromatic rings. The van der Waals surface area contributed by atoms with E-state index in [4.69, 9.17) is 13.7 Å². The first-order valence-electron chi connectivity index (χ1n) is 7.41. The molecule has 0 aromatic heterocycles. The Balaban J connectivity index is 1.64.